The largest absolute Gasteiger partial charge is 0.487 e. The van der Waals surface area contributed by atoms with Gasteiger partial charge in [0, 0.05) is 32.6 Å². The Morgan fingerprint density at radius 3 is 2.85 bits per heavy atom. The zero-order chi connectivity index (χ0) is 19.1. The highest BCUT2D eigenvalue weighted by molar-refractivity contribution is 5.86. The van der Waals surface area contributed by atoms with E-state index in [1.165, 1.54) is 24.8 Å². The molecule has 1 atom stereocenters. The Hall–Kier alpha value is -1.59. The molecule has 2 N–H and O–H groups in total. The average Bonchev–Trinajstić information content (AvgIpc) is 2.88. The molecule has 3 aliphatic rings. The number of piperidine rings is 1. The molecule has 148 valence electrons. The molecule has 0 unspecified atom stereocenters. The van der Waals surface area contributed by atoms with Gasteiger partial charge in [0.25, 0.3) is 5.91 Å². The first kappa shape index (κ1) is 18.8. The second-order valence-corrected chi connectivity index (χ2v) is 9.27. The van der Waals surface area contributed by atoms with Crippen molar-refractivity contribution >= 4 is 5.91 Å². The number of ether oxygens (including phenoxy) is 1. The normalized spacial score (nSPS) is 27.2. The minimum absolute atomic E-state index is 0.0859. The van der Waals surface area contributed by atoms with Crippen molar-refractivity contribution in [3.05, 3.63) is 29.3 Å². The molecule has 1 aromatic rings. The number of nitrogens with one attached hydrogen (secondary N) is 1. The van der Waals surface area contributed by atoms with E-state index >= 15 is 0 Å². The third-order valence-electron chi connectivity index (χ3n) is 6.28. The molecule has 1 saturated heterocycles. The van der Waals surface area contributed by atoms with Gasteiger partial charge in [0.1, 0.15) is 11.4 Å². The molecular formula is C22H32N2O3. The molecule has 4 rings (SSSR count). The van der Waals surface area contributed by atoms with Crippen LogP contribution in [0.3, 0.4) is 0 Å². The minimum Gasteiger partial charge on any atom is -0.487 e. The number of carbonyl (C=O) groups is 1. The van der Waals surface area contributed by atoms with E-state index in [9.17, 15) is 9.90 Å². The lowest BCUT2D eigenvalue weighted by atomic mass is 9.83. The first-order valence-corrected chi connectivity index (χ1v) is 10.4. The fourth-order valence-corrected chi connectivity index (χ4v) is 4.58. The van der Waals surface area contributed by atoms with Crippen molar-refractivity contribution in [3.8, 4) is 5.75 Å². The summed E-state index contributed by atoms with van der Waals surface area (Å²) in [5.41, 5.74) is 0.998. The lowest BCUT2D eigenvalue weighted by Gasteiger charge is -2.41. The van der Waals surface area contributed by atoms with E-state index in [2.05, 4.69) is 31.3 Å². The number of carbonyl (C=O) groups excluding carboxylic acids is 1. The quantitative estimate of drug-likeness (QED) is 0.806. The van der Waals surface area contributed by atoms with Gasteiger partial charge in [-0.1, -0.05) is 18.6 Å². The van der Waals surface area contributed by atoms with Gasteiger partial charge < -0.3 is 20.1 Å². The summed E-state index contributed by atoms with van der Waals surface area (Å²) in [6, 6.07) is 6.26. The Morgan fingerprint density at radius 2 is 2.11 bits per heavy atom. The molecule has 1 aromatic carbocycles. The predicted octanol–water partition coefficient (Wildman–Crippen LogP) is 2.64. The maximum absolute atomic E-state index is 12.8. The standard InChI is InChI=1S/C22H32N2O3/c1-21(2)12-18-11-17(7-8-19(18)27-21)13-23-15-22(26)9-4-10-24(20(22)25)14-16-5-3-6-16/h7-8,11,16,23,26H,3-6,9-10,12-15H2,1-2H3/t22-/m0/s1. The van der Waals surface area contributed by atoms with Crippen LogP contribution in [0, 0.1) is 5.92 Å². The molecule has 0 radical (unpaired) electrons. The highest BCUT2D eigenvalue weighted by Gasteiger charge is 2.42. The van der Waals surface area contributed by atoms with Crippen molar-refractivity contribution in [1.82, 2.24) is 10.2 Å². The number of amides is 1. The summed E-state index contributed by atoms with van der Waals surface area (Å²) in [6.45, 7) is 6.77. The third-order valence-corrected chi connectivity index (χ3v) is 6.28. The van der Waals surface area contributed by atoms with Crippen LogP contribution in [0.4, 0.5) is 0 Å². The van der Waals surface area contributed by atoms with Crippen LogP contribution in [0.2, 0.25) is 0 Å². The van der Waals surface area contributed by atoms with Crippen LogP contribution in [0.15, 0.2) is 18.2 Å². The van der Waals surface area contributed by atoms with E-state index in [1.54, 1.807) is 0 Å². The molecule has 2 fully saturated rings. The SMILES string of the molecule is CC1(C)Cc2cc(CNC[C@@]3(O)CCCN(CC4CCC4)C3=O)ccc2O1. The maximum atomic E-state index is 12.8. The predicted molar refractivity (Wildman–Crippen MR) is 105 cm³/mol. The molecule has 5 heteroatoms. The summed E-state index contributed by atoms with van der Waals surface area (Å²) in [7, 11) is 0. The van der Waals surface area contributed by atoms with Crippen molar-refractivity contribution in [2.75, 3.05) is 19.6 Å². The van der Waals surface area contributed by atoms with Gasteiger partial charge in [0.15, 0.2) is 5.60 Å². The van der Waals surface area contributed by atoms with Crippen LogP contribution in [-0.4, -0.2) is 46.7 Å². The average molecular weight is 373 g/mol. The number of nitrogens with zero attached hydrogens (tertiary/aromatic N) is 1. The van der Waals surface area contributed by atoms with Crippen LogP contribution < -0.4 is 10.1 Å². The number of hydrogen-bond acceptors (Lipinski definition) is 4. The van der Waals surface area contributed by atoms with Gasteiger partial charge in [-0.2, -0.15) is 0 Å². The van der Waals surface area contributed by atoms with Crippen molar-refractivity contribution in [2.45, 2.75) is 70.1 Å². The Bertz CT molecular complexity index is 714. The van der Waals surface area contributed by atoms with Crippen molar-refractivity contribution in [3.63, 3.8) is 0 Å². The summed E-state index contributed by atoms with van der Waals surface area (Å²) in [5.74, 6) is 1.52. The van der Waals surface area contributed by atoms with Crippen LogP contribution in [-0.2, 0) is 17.8 Å². The Kier molecular flexibility index (Phi) is 4.93. The van der Waals surface area contributed by atoms with E-state index in [4.69, 9.17) is 4.74 Å². The van der Waals surface area contributed by atoms with Crippen LogP contribution in [0.1, 0.15) is 57.1 Å². The van der Waals surface area contributed by atoms with Crippen molar-refractivity contribution < 1.29 is 14.6 Å². The van der Waals surface area contributed by atoms with Gasteiger partial charge in [-0.15, -0.1) is 0 Å². The molecule has 0 bridgehead atoms. The lowest BCUT2D eigenvalue weighted by molar-refractivity contribution is -0.157. The van der Waals surface area contributed by atoms with E-state index in [0.717, 1.165) is 37.2 Å². The first-order chi connectivity index (χ1) is 12.8. The minimum atomic E-state index is -1.26. The molecule has 2 aliphatic heterocycles. The number of benzene rings is 1. The first-order valence-electron chi connectivity index (χ1n) is 10.4. The highest BCUT2D eigenvalue weighted by atomic mass is 16.5. The number of likely N-dealkylation sites (tertiary alicyclic amines) is 1. The molecule has 1 aliphatic carbocycles. The maximum Gasteiger partial charge on any atom is 0.255 e. The van der Waals surface area contributed by atoms with Gasteiger partial charge in [0.2, 0.25) is 0 Å². The molecule has 0 aromatic heterocycles. The van der Waals surface area contributed by atoms with E-state index in [1.807, 2.05) is 11.0 Å². The Labute approximate surface area is 162 Å². The monoisotopic (exact) mass is 372 g/mol. The smallest absolute Gasteiger partial charge is 0.255 e. The summed E-state index contributed by atoms with van der Waals surface area (Å²) in [5, 5.41) is 14.3. The Balaban J connectivity index is 1.32. The fraction of sp³-hybridized carbons (Fsp3) is 0.682. The van der Waals surface area contributed by atoms with Gasteiger partial charge >= 0.3 is 0 Å². The van der Waals surface area contributed by atoms with Crippen LogP contribution in [0.5, 0.6) is 5.75 Å². The van der Waals surface area contributed by atoms with Gasteiger partial charge in [-0.3, -0.25) is 4.79 Å². The summed E-state index contributed by atoms with van der Waals surface area (Å²) in [6.07, 6.45) is 6.06. The van der Waals surface area contributed by atoms with Crippen LogP contribution >= 0.6 is 0 Å². The molecule has 0 spiro atoms. The molecule has 1 saturated carbocycles. The number of aliphatic hydroxyl groups is 1. The van der Waals surface area contributed by atoms with E-state index < -0.39 is 5.60 Å². The number of rotatable bonds is 6. The molecule has 1 amide bonds. The van der Waals surface area contributed by atoms with Gasteiger partial charge in [-0.25, -0.2) is 0 Å². The van der Waals surface area contributed by atoms with E-state index in [0.29, 0.717) is 25.4 Å². The number of hydrogen-bond donors (Lipinski definition) is 2. The lowest BCUT2D eigenvalue weighted by Crippen LogP contribution is -2.58. The third kappa shape index (κ3) is 3.99. The molecule has 27 heavy (non-hydrogen) atoms. The summed E-state index contributed by atoms with van der Waals surface area (Å²) < 4.78 is 5.93. The second-order valence-electron chi connectivity index (χ2n) is 9.27. The van der Waals surface area contributed by atoms with E-state index in [-0.39, 0.29) is 11.5 Å². The van der Waals surface area contributed by atoms with Gasteiger partial charge in [0.05, 0.1) is 0 Å². The topological polar surface area (TPSA) is 61.8 Å². The van der Waals surface area contributed by atoms with Gasteiger partial charge in [-0.05, 0) is 62.6 Å². The van der Waals surface area contributed by atoms with Crippen LogP contribution in [0.25, 0.3) is 0 Å². The summed E-state index contributed by atoms with van der Waals surface area (Å²) in [4.78, 5) is 14.7. The zero-order valence-electron chi connectivity index (χ0n) is 16.6. The Morgan fingerprint density at radius 1 is 1.30 bits per heavy atom. The molecule has 5 nitrogen and oxygen atoms in total. The highest BCUT2D eigenvalue weighted by Crippen LogP contribution is 2.35. The van der Waals surface area contributed by atoms with Crippen molar-refractivity contribution in [2.24, 2.45) is 5.92 Å². The summed E-state index contributed by atoms with van der Waals surface area (Å²) >= 11 is 0. The molecule has 2 heterocycles. The number of fused-ring (bicyclic) bond motifs is 1. The fourth-order valence-electron chi connectivity index (χ4n) is 4.58. The second kappa shape index (κ2) is 7.10. The zero-order valence-corrected chi connectivity index (χ0v) is 16.6. The van der Waals surface area contributed by atoms with Crippen molar-refractivity contribution in [1.29, 1.82) is 0 Å². The molecular weight excluding hydrogens is 340 g/mol.